The van der Waals surface area contributed by atoms with Gasteiger partial charge >= 0.3 is 12.0 Å². The van der Waals surface area contributed by atoms with Gasteiger partial charge in [0.1, 0.15) is 5.82 Å². The smallest absolute Gasteiger partial charge is 0.320 e. The van der Waals surface area contributed by atoms with Crippen LogP contribution in [-0.4, -0.2) is 42.4 Å². The van der Waals surface area contributed by atoms with Gasteiger partial charge in [0.05, 0.1) is 5.69 Å². The van der Waals surface area contributed by atoms with E-state index in [9.17, 15) is 9.59 Å². The van der Waals surface area contributed by atoms with Crippen molar-refractivity contribution in [1.82, 2.24) is 25.1 Å². The fraction of sp³-hybridized carbons (Fsp3) is 0.471. The van der Waals surface area contributed by atoms with Crippen LogP contribution in [0.2, 0.25) is 0 Å². The van der Waals surface area contributed by atoms with Gasteiger partial charge in [0.15, 0.2) is 0 Å². The number of amides is 2. The van der Waals surface area contributed by atoms with Gasteiger partial charge in [-0.05, 0) is 32.3 Å². The Balaban J connectivity index is 2.17. The molecular weight excluding hydrogens is 336 g/mol. The van der Waals surface area contributed by atoms with E-state index in [-0.39, 0.29) is 12.3 Å². The van der Waals surface area contributed by atoms with Crippen molar-refractivity contribution in [2.75, 3.05) is 5.32 Å². The zero-order valence-corrected chi connectivity index (χ0v) is 15.4. The van der Waals surface area contributed by atoms with E-state index in [4.69, 9.17) is 5.11 Å². The van der Waals surface area contributed by atoms with Crippen molar-refractivity contribution >= 4 is 17.8 Å². The van der Waals surface area contributed by atoms with Crippen molar-refractivity contribution in [3.63, 3.8) is 0 Å². The van der Waals surface area contributed by atoms with E-state index in [1.165, 1.54) is 4.68 Å². The summed E-state index contributed by atoms with van der Waals surface area (Å²) in [4.78, 5) is 31.5. The molecule has 2 aromatic heterocycles. The third-order valence-corrected chi connectivity index (χ3v) is 3.72. The lowest BCUT2D eigenvalue weighted by Crippen LogP contribution is -2.46. The molecule has 2 heterocycles. The fourth-order valence-corrected chi connectivity index (χ4v) is 2.26. The third kappa shape index (κ3) is 5.27. The Labute approximate surface area is 151 Å². The molecule has 0 fully saturated rings. The number of urea groups is 1. The average Bonchev–Trinajstić information content (AvgIpc) is 2.97. The lowest BCUT2D eigenvalue weighted by Gasteiger charge is -2.25. The Hall–Kier alpha value is -2.97. The minimum atomic E-state index is -0.902. The number of carbonyl (C=O) groups is 2. The highest BCUT2D eigenvalue weighted by Crippen LogP contribution is 2.20. The molecule has 2 aromatic rings. The largest absolute Gasteiger partial charge is 0.481 e. The van der Waals surface area contributed by atoms with Crippen LogP contribution in [0.3, 0.4) is 0 Å². The minimum Gasteiger partial charge on any atom is -0.481 e. The maximum absolute atomic E-state index is 12.4. The number of aromatic nitrogens is 4. The summed E-state index contributed by atoms with van der Waals surface area (Å²) in [6.45, 7) is 7.54. The van der Waals surface area contributed by atoms with E-state index in [0.29, 0.717) is 18.2 Å². The first-order valence-electron chi connectivity index (χ1n) is 8.36. The first-order chi connectivity index (χ1) is 12.2. The first kappa shape index (κ1) is 19.4. The molecule has 9 heteroatoms. The summed E-state index contributed by atoms with van der Waals surface area (Å²) in [6, 6.07) is 3.01. The molecule has 0 aliphatic carbocycles. The second-order valence-corrected chi connectivity index (χ2v) is 6.93. The molecule has 0 saturated heterocycles. The monoisotopic (exact) mass is 360 g/mol. The number of rotatable bonds is 7. The van der Waals surface area contributed by atoms with Crippen LogP contribution in [0.4, 0.5) is 10.6 Å². The maximum Gasteiger partial charge on any atom is 0.320 e. The van der Waals surface area contributed by atoms with Crippen molar-refractivity contribution < 1.29 is 14.7 Å². The molecule has 2 rings (SSSR count). The summed E-state index contributed by atoms with van der Waals surface area (Å²) in [5.74, 6) is 0.0445. The van der Waals surface area contributed by atoms with E-state index in [1.54, 1.807) is 38.4 Å². The van der Waals surface area contributed by atoms with Gasteiger partial charge in [-0.2, -0.15) is 9.78 Å². The molecule has 0 unspecified atom stereocenters. The van der Waals surface area contributed by atoms with E-state index in [1.807, 2.05) is 13.8 Å². The van der Waals surface area contributed by atoms with Crippen LogP contribution in [0.25, 0.3) is 5.95 Å². The Morgan fingerprint density at radius 3 is 2.50 bits per heavy atom. The van der Waals surface area contributed by atoms with E-state index in [0.717, 1.165) is 5.69 Å². The summed E-state index contributed by atoms with van der Waals surface area (Å²) >= 11 is 0. The van der Waals surface area contributed by atoms with E-state index in [2.05, 4.69) is 25.7 Å². The second kappa shape index (κ2) is 7.94. The highest BCUT2D eigenvalue weighted by atomic mass is 16.4. The second-order valence-electron chi connectivity index (χ2n) is 6.93. The van der Waals surface area contributed by atoms with Crippen LogP contribution < -0.4 is 10.6 Å². The fourth-order valence-electron chi connectivity index (χ4n) is 2.26. The summed E-state index contributed by atoms with van der Waals surface area (Å²) in [7, 11) is 0. The Kier molecular flexibility index (Phi) is 5.91. The number of carbonyl (C=O) groups excluding carboxylic acids is 1. The van der Waals surface area contributed by atoms with Crippen LogP contribution in [0.1, 0.15) is 52.1 Å². The maximum atomic E-state index is 12.4. The molecule has 2 amide bonds. The third-order valence-electron chi connectivity index (χ3n) is 3.72. The van der Waals surface area contributed by atoms with E-state index >= 15 is 0 Å². The normalized spacial score (nSPS) is 11.4. The van der Waals surface area contributed by atoms with Gasteiger partial charge in [-0.15, -0.1) is 0 Å². The van der Waals surface area contributed by atoms with Crippen molar-refractivity contribution in [1.29, 1.82) is 0 Å². The van der Waals surface area contributed by atoms with Gasteiger partial charge in [-0.3, -0.25) is 10.1 Å². The van der Waals surface area contributed by atoms with Crippen LogP contribution in [-0.2, 0) is 4.79 Å². The number of hydrogen-bond acceptors (Lipinski definition) is 5. The molecule has 3 N–H and O–H groups in total. The molecule has 9 nitrogen and oxygen atoms in total. The molecule has 26 heavy (non-hydrogen) atoms. The minimum absolute atomic E-state index is 0.0272. The number of anilines is 1. The van der Waals surface area contributed by atoms with Crippen LogP contribution >= 0.6 is 0 Å². The summed E-state index contributed by atoms with van der Waals surface area (Å²) < 4.78 is 1.47. The molecule has 0 aliphatic heterocycles. The zero-order valence-electron chi connectivity index (χ0n) is 15.4. The molecule has 0 atom stereocenters. The van der Waals surface area contributed by atoms with Gasteiger partial charge in [-0.25, -0.2) is 14.8 Å². The van der Waals surface area contributed by atoms with Crippen LogP contribution in [0.5, 0.6) is 0 Å². The Morgan fingerprint density at radius 1 is 1.27 bits per heavy atom. The predicted octanol–water partition coefficient (Wildman–Crippen LogP) is 2.55. The van der Waals surface area contributed by atoms with Crippen molar-refractivity contribution in [3.05, 3.63) is 30.2 Å². The number of aliphatic carboxylic acids is 1. The number of hydrogen-bond donors (Lipinski definition) is 3. The average molecular weight is 360 g/mol. The highest BCUT2D eigenvalue weighted by Gasteiger charge is 2.23. The van der Waals surface area contributed by atoms with Gasteiger partial charge in [0.2, 0.25) is 0 Å². The van der Waals surface area contributed by atoms with Crippen LogP contribution in [0.15, 0.2) is 24.5 Å². The first-order valence-corrected chi connectivity index (χ1v) is 8.36. The molecule has 0 radical (unpaired) electrons. The number of carboxylic acids is 1. The molecule has 0 aromatic carbocycles. The van der Waals surface area contributed by atoms with Crippen molar-refractivity contribution in [2.45, 2.75) is 52.0 Å². The summed E-state index contributed by atoms with van der Waals surface area (Å²) in [6.07, 6.45) is 3.48. The topological polar surface area (TPSA) is 122 Å². The van der Waals surface area contributed by atoms with Gasteiger partial charge < -0.3 is 10.4 Å². The number of nitrogens with one attached hydrogen (secondary N) is 2. The van der Waals surface area contributed by atoms with Gasteiger partial charge in [0, 0.05) is 30.4 Å². The standard InChI is InChI=1S/C17H24N6O3/c1-11(2)12-10-13(23(22-12)15-18-8-5-9-19-15)20-16(26)21-17(3,4)7-6-14(24)25/h5,8-11H,6-7H2,1-4H3,(H,24,25)(H2,20,21,26). The van der Waals surface area contributed by atoms with Crippen molar-refractivity contribution in [3.8, 4) is 5.95 Å². The zero-order chi connectivity index (χ0) is 19.3. The quantitative estimate of drug-likeness (QED) is 0.697. The summed E-state index contributed by atoms with van der Waals surface area (Å²) in [5, 5.41) is 18.8. The number of carboxylic acid groups (broad SMARTS) is 1. The van der Waals surface area contributed by atoms with Gasteiger partial charge in [0.25, 0.3) is 5.95 Å². The Morgan fingerprint density at radius 2 is 1.92 bits per heavy atom. The highest BCUT2D eigenvalue weighted by molar-refractivity contribution is 5.89. The SMILES string of the molecule is CC(C)c1cc(NC(=O)NC(C)(C)CCC(=O)O)n(-c2ncccn2)n1. The molecule has 0 spiro atoms. The molecular formula is C17H24N6O3. The predicted molar refractivity (Wildman–Crippen MR) is 96.3 cm³/mol. The van der Waals surface area contributed by atoms with E-state index < -0.39 is 17.5 Å². The van der Waals surface area contributed by atoms with Crippen LogP contribution in [0, 0.1) is 0 Å². The number of nitrogens with zero attached hydrogens (tertiary/aromatic N) is 4. The summed E-state index contributed by atoms with van der Waals surface area (Å²) in [5.41, 5.74) is 0.121. The van der Waals surface area contributed by atoms with Gasteiger partial charge in [-0.1, -0.05) is 13.8 Å². The molecule has 0 aliphatic rings. The Bertz CT molecular complexity index is 770. The molecule has 0 saturated carbocycles. The molecule has 0 bridgehead atoms. The van der Waals surface area contributed by atoms with Crippen molar-refractivity contribution in [2.24, 2.45) is 0 Å². The molecule has 140 valence electrons. The lowest BCUT2D eigenvalue weighted by atomic mass is 9.99. The lowest BCUT2D eigenvalue weighted by molar-refractivity contribution is -0.137.